The molecule has 0 aromatic heterocycles. The molecular formula is C10H19NO2. The smallest absolute Gasteiger partial charge is 0.225 e. The first-order chi connectivity index (χ1) is 6.19. The van der Waals surface area contributed by atoms with E-state index in [-0.39, 0.29) is 17.9 Å². The Hall–Kier alpha value is -0.570. The van der Waals surface area contributed by atoms with Gasteiger partial charge in [0.1, 0.15) is 0 Å². The molecule has 0 spiro atoms. The second kappa shape index (κ2) is 4.61. The summed E-state index contributed by atoms with van der Waals surface area (Å²) in [6.07, 6.45) is 2.26. The second-order valence-electron chi connectivity index (χ2n) is 3.74. The van der Waals surface area contributed by atoms with Crippen LogP contribution >= 0.6 is 0 Å². The Balaban J connectivity index is 2.47. The summed E-state index contributed by atoms with van der Waals surface area (Å²) in [5.74, 6) is 0.381. The van der Waals surface area contributed by atoms with Crippen LogP contribution in [0.15, 0.2) is 0 Å². The molecule has 0 aromatic rings. The Morgan fingerprint density at radius 2 is 2.15 bits per heavy atom. The molecular weight excluding hydrogens is 166 g/mol. The Morgan fingerprint density at radius 1 is 1.54 bits per heavy atom. The summed E-state index contributed by atoms with van der Waals surface area (Å²) in [7, 11) is 0. The van der Waals surface area contributed by atoms with Crippen LogP contribution in [0.4, 0.5) is 0 Å². The zero-order valence-corrected chi connectivity index (χ0v) is 8.49. The highest BCUT2D eigenvalue weighted by atomic mass is 16.3. The first kappa shape index (κ1) is 10.5. The molecule has 13 heavy (non-hydrogen) atoms. The molecule has 76 valence electrons. The fraction of sp³-hybridized carbons (Fsp3) is 0.900. The number of β-amino-alcohol motifs (C(OH)–C–C–N with tert-alkyl or cyclic N) is 1. The average molecular weight is 185 g/mol. The standard InChI is InChI=1S/C10H19NO2/c1-3-8(4-2)10(13)11-6-5-9(12)7-11/h8-9,12H,3-7H2,1-2H3. The number of aliphatic hydroxyl groups is 1. The van der Waals surface area contributed by atoms with Crippen LogP contribution in [0.5, 0.6) is 0 Å². The van der Waals surface area contributed by atoms with Crippen LogP contribution in [-0.4, -0.2) is 35.1 Å². The van der Waals surface area contributed by atoms with Gasteiger partial charge in [-0.25, -0.2) is 0 Å². The summed E-state index contributed by atoms with van der Waals surface area (Å²) in [6.45, 7) is 5.35. The van der Waals surface area contributed by atoms with Gasteiger partial charge in [-0.1, -0.05) is 13.8 Å². The minimum Gasteiger partial charge on any atom is -0.391 e. The zero-order chi connectivity index (χ0) is 9.84. The van der Waals surface area contributed by atoms with E-state index in [1.165, 1.54) is 0 Å². The van der Waals surface area contributed by atoms with Gasteiger partial charge in [-0.05, 0) is 19.3 Å². The van der Waals surface area contributed by atoms with E-state index in [1.807, 2.05) is 13.8 Å². The maximum Gasteiger partial charge on any atom is 0.225 e. The van der Waals surface area contributed by atoms with E-state index < -0.39 is 0 Å². The van der Waals surface area contributed by atoms with Crippen molar-refractivity contribution in [2.24, 2.45) is 5.92 Å². The SMILES string of the molecule is CCC(CC)C(=O)N1CCC(O)C1. The summed E-state index contributed by atoms with van der Waals surface area (Å²) in [5, 5.41) is 9.28. The fourth-order valence-corrected chi connectivity index (χ4v) is 1.84. The molecule has 0 aromatic carbocycles. The topological polar surface area (TPSA) is 40.5 Å². The number of likely N-dealkylation sites (tertiary alicyclic amines) is 1. The van der Waals surface area contributed by atoms with Crippen LogP contribution in [0.1, 0.15) is 33.1 Å². The molecule has 1 amide bonds. The van der Waals surface area contributed by atoms with Gasteiger partial charge in [0, 0.05) is 19.0 Å². The van der Waals surface area contributed by atoms with Crippen LogP contribution in [0, 0.1) is 5.92 Å². The quantitative estimate of drug-likeness (QED) is 0.713. The molecule has 1 aliphatic rings. The van der Waals surface area contributed by atoms with E-state index in [0.717, 1.165) is 25.8 Å². The highest BCUT2D eigenvalue weighted by Crippen LogP contribution is 2.16. The lowest BCUT2D eigenvalue weighted by atomic mass is 10.0. The molecule has 0 radical (unpaired) electrons. The van der Waals surface area contributed by atoms with E-state index in [9.17, 15) is 9.90 Å². The molecule has 0 aliphatic carbocycles. The van der Waals surface area contributed by atoms with Gasteiger partial charge in [-0.3, -0.25) is 4.79 Å². The van der Waals surface area contributed by atoms with Crippen molar-refractivity contribution in [3.8, 4) is 0 Å². The maximum atomic E-state index is 11.8. The van der Waals surface area contributed by atoms with Gasteiger partial charge in [0.05, 0.1) is 6.10 Å². The molecule has 1 saturated heterocycles. The van der Waals surface area contributed by atoms with Crippen molar-refractivity contribution < 1.29 is 9.90 Å². The van der Waals surface area contributed by atoms with Crippen molar-refractivity contribution in [3.63, 3.8) is 0 Å². The lowest BCUT2D eigenvalue weighted by Crippen LogP contribution is -2.34. The van der Waals surface area contributed by atoms with E-state index >= 15 is 0 Å². The number of rotatable bonds is 3. The molecule has 1 aliphatic heterocycles. The number of carbonyl (C=O) groups excluding carboxylic acids is 1. The van der Waals surface area contributed by atoms with Crippen molar-refractivity contribution in [2.45, 2.75) is 39.2 Å². The third-order valence-corrected chi connectivity index (χ3v) is 2.81. The van der Waals surface area contributed by atoms with Gasteiger partial charge >= 0.3 is 0 Å². The Morgan fingerprint density at radius 3 is 2.54 bits per heavy atom. The molecule has 1 atom stereocenters. The van der Waals surface area contributed by atoms with Gasteiger partial charge in [-0.15, -0.1) is 0 Å². The van der Waals surface area contributed by atoms with E-state index in [2.05, 4.69) is 0 Å². The van der Waals surface area contributed by atoms with Gasteiger partial charge in [-0.2, -0.15) is 0 Å². The molecule has 1 unspecified atom stereocenters. The predicted octanol–water partition coefficient (Wildman–Crippen LogP) is 1.02. The van der Waals surface area contributed by atoms with Gasteiger partial charge < -0.3 is 10.0 Å². The molecule has 3 heteroatoms. The molecule has 1 rings (SSSR count). The third kappa shape index (κ3) is 2.44. The van der Waals surface area contributed by atoms with Crippen molar-refractivity contribution in [1.29, 1.82) is 0 Å². The molecule has 1 heterocycles. The van der Waals surface area contributed by atoms with E-state index in [1.54, 1.807) is 4.90 Å². The van der Waals surface area contributed by atoms with Crippen LogP contribution in [0.2, 0.25) is 0 Å². The van der Waals surface area contributed by atoms with Crippen LogP contribution in [-0.2, 0) is 4.79 Å². The highest BCUT2D eigenvalue weighted by molar-refractivity contribution is 5.79. The number of hydrogen-bond acceptors (Lipinski definition) is 2. The predicted molar refractivity (Wildman–Crippen MR) is 51.3 cm³/mol. The minimum absolute atomic E-state index is 0.158. The summed E-state index contributed by atoms with van der Waals surface area (Å²) < 4.78 is 0. The van der Waals surface area contributed by atoms with Crippen LogP contribution < -0.4 is 0 Å². The number of aliphatic hydroxyl groups excluding tert-OH is 1. The lowest BCUT2D eigenvalue weighted by Gasteiger charge is -2.21. The first-order valence-electron chi connectivity index (χ1n) is 5.15. The normalized spacial score (nSPS) is 22.8. The van der Waals surface area contributed by atoms with Crippen molar-refractivity contribution in [2.75, 3.05) is 13.1 Å². The van der Waals surface area contributed by atoms with Crippen LogP contribution in [0.3, 0.4) is 0 Å². The summed E-state index contributed by atoms with van der Waals surface area (Å²) in [4.78, 5) is 13.6. The second-order valence-corrected chi connectivity index (χ2v) is 3.74. The number of carbonyl (C=O) groups is 1. The van der Waals surface area contributed by atoms with Gasteiger partial charge in [0.25, 0.3) is 0 Å². The molecule has 0 saturated carbocycles. The van der Waals surface area contributed by atoms with E-state index in [4.69, 9.17) is 0 Å². The number of hydrogen-bond donors (Lipinski definition) is 1. The summed E-state index contributed by atoms with van der Waals surface area (Å²) >= 11 is 0. The number of amides is 1. The first-order valence-corrected chi connectivity index (χ1v) is 5.15. The number of nitrogens with zero attached hydrogens (tertiary/aromatic N) is 1. The largest absolute Gasteiger partial charge is 0.391 e. The summed E-state index contributed by atoms with van der Waals surface area (Å²) in [5.41, 5.74) is 0. The lowest BCUT2D eigenvalue weighted by molar-refractivity contribution is -0.135. The minimum atomic E-state index is -0.293. The van der Waals surface area contributed by atoms with Gasteiger partial charge in [0.2, 0.25) is 5.91 Å². The third-order valence-electron chi connectivity index (χ3n) is 2.81. The Kier molecular flexibility index (Phi) is 3.72. The Labute approximate surface area is 79.7 Å². The molecule has 1 N–H and O–H groups in total. The van der Waals surface area contributed by atoms with Gasteiger partial charge in [0.15, 0.2) is 0 Å². The summed E-state index contributed by atoms with van der Waals surface area (Å²) in [6, 6.07) is 0. The maximum absolute atomic E-state index is 11.8. The fourth-order valence-electron chi connectivity index (χ4n) is 1.84. The van der Waals surface area contributed by atoms with Crippen molar-refractivity contribution >= 4 is 5.91 Å². The van der Waals surface area contributed by atoms with Crippen molar-refractivity contribution in [3.05, 3.63) is 0 Å². The van der Waals surface area contributed by atoms with Crippen LogP contribution in [0.25, 0.3) is 0 Å². The van der Waals surface area contributed by atoms with Crippen molar-refractivity contribution in [1.82, 2.24) is 4.90 Å². The molecule has 0 bridgehead atoms. The molecule has 3 nitrogen and oxygen atoms in total. The highest BCUT2D eigenvalue weighted by Gasteiger charge is 2.27. The Bertz CT molecular complexity index is 178. The zero-order valence-electron chi connectivity index (χ0n) is 8.49. The molecule has 1 fully saturated rings. The average Bonchev–Trinajstić information content (AvgIpc) is 2.54. The van der Waals surface area contributed by atoms with E-state index in [0.29, 0.717) is 6.54 Å². The monoisotopic (exact) mass is 185 g/mol.